The predicted octanol–water partition coefficient (Wildman–Crippen LogP) is 5.82. The van der Waals surface area contributed by atoms with Crippen molar-refractivity contribution in [3.63, 3.8) is 0 Å². The maximum absolute atomic E-state index is 13.3. The summed E-state index contributed by atoms with van der Waals surface area (Å²) < 4.78 is 57.7. The van der Waals surface area contributed by atoms with Crippen LogP contribution in [0.5, 0.6) is 0 Å². The summed E-state index contributed by atoms with van der Waals surface area (Å²) in [6, 6.07) is 9.84. The number of hydrogen-bond acceptors (Lipinski definition) is 5. The van der Waals surface area contributed by atoms with Gasteiger partial charge in [0.05, 0.1) is 16.9 Å². The van der Waals surface area contributed by atoms with E-state index in [-0.39, 0.29) is 23.1 Å². The van der Waals surface area contributed by atoms with Crippen LogP contribution in [0.25, 0.3) is 10.9 Å². The van der Waals surface area contributed by atoms with Gasteiger partial charge >= 0.3 is 12.1 Å². The summed E-state index contributed by atoms with van der Waals surface area (Å²) in [4.78, 5) is 32.6. The normalized spacial score (nSPS) is 11.5. The first-order valence-corrected chi connectivity index (χ1v) is 10.4. The summed E-state index contributed by atoms with van der Waals surface area (Å²) in [6.45, 7) is 0.980. The summed E-state index contributed by atoms with van der Waals surface area (Å²) in [5.74, 6) is -1.66. The number of nitrogens with zero attached hydrogens (tertiary/aromatic N) is 2. The predicted molar refractivity (Wildman–Crippen MR) is 114 cm³/mol. The van der Waals surface area contributed by atoms with E-state index in [0.717, 1.165) is 28.4 Å². The number of fused-ring (bicyclic) bond motifs is 1. The number of thiazole rings is 1. The molecule has 2 heterocycles. The lowest BCUT2D eigenvalue weighted by Crippen LogP contribution is -2.23. The molecule has 2 aromatic carbocycles. The molecule has 33 heavy (non-hydrogen) atoms. The van der Waals surface area contributed by atoms with Gasteiger partial charge in [0.25, 0.3) is 0 Å². The topological polar surface area (TPSA) is 75.3 Å². The minimum atomic E-state index is -4.56. The minimum Gasteiger partial charge on any atom is -0.454 e. The highest BCUT2D eigenvalue weighted by Gasteiger charge is 2.31. The molecule has 0 atom stereocenters. The molecule has 170 valence electrons. The average molecular weight is 477 g/mol. The minimum absolute atomic E-state index is 0.0144. The van der Waals surface area contributed by atoms with Crippen LogP contribution in [-0.2, 0) is 22.3 Å². The van der Waals surface area contributed by atoms with Gasteiger partial charge in [0, 0.05) is 23.2 Å². The van der Waals surface area contributed by atoms with Crippen LogP contribution in [0, 0.1) is 5.82 Å². The number of anilines is 2. The molecule has 1 N–H and O–H groups in total. The van der Waals surface area contributed by atoms with Crippen molar-refractivity contribution in [2.75, 3.05) is 4.90 Å². The van der Waals surface area contributed by atoms with Crippen LogP contribution in [0.1, 0.15) is 28.7 Å². The number of carbonyl (C=O) groups excluding carboxylic acids is 2. The number of H-pyrrole nitrogens is 1. The third-order valence-corrected chi connectivity index (χ3v) is 5.51. The third kappa shape index (κ3) is 4.87. The van der Waals surface area contributed by atoms with Crippen molar-refractivity contribution in [1.29, 1.82) is 0 Å². The van der Waals surface area contributed by atoms with E-state index < -0.39 is 29.4 Å². The van der Waals surface area contributed by atoms with Gasteiger partial charge in [0.1, 0.15) is 18.1 Å². The SMILES string of the molecule is CC(=O)N(c1cccc(C(F)(F)F)c1)c1nc(COC(=O)c2cc3cc(F)ccc3[nH]2)cs1. The van der Waals surface area contributed by atoms with Crippen molar-refractivity contribution < 1.29 is 31.9 Å². The van der Waals surface area contributed by atoms with E-state index in [1.165, 1.54) is 48.7 Å². The Morgan fingerprint density at radius 1 is 1.15 bits per heavy atom. The molecule has 4 aromatic rings. The van der Waals surface area contributed by atoms with E-state index >= 15 is 0 Å². The number of alkyl halides is 3. The van der Waals surface area contributed by atoms with Crippen molar-refractivity contribution in [2.24, 2.45) is 0 Å². The van der Waals surface area contributed by atoms with Crippen molar-refractivity contribution in [3.8, 4) is 0 Å². The van der Waals surface area contributed by atoms with Crippen LogP contribution < -0.4 is 4.90 Å². The molecule has 1 amide bonds. The first-order chi connectivity index (χ1) is 15.6. The Morgan fingerprint density at radius 2 is 1.94 bits per heavy atom. The molecule has 0 aliphatic rings. The van der Waals surface area contributed by atoms with E-state index in [1.807, 2.05) is 0 Å². The van der Waals surface area contributed by atoms with E-state index in [9.17, 15) is 27.2 Å². The lowest BCUT2D eigenvalue weighted by atomic mass is 10.2. The van der Waals surface area contributed by atoms with Crippen LogP contribution in [0.15, 0.2) is 53.9 Å². The number of aromatic amines is 1. The molecule has 0 saturated carbocycles. The van der Waals surface area contributed by atoms with Crippen LogP contribution in [-0.4, -0.2) is 21.8 Å². The highest BCUT2D eigenvalue weighted by molar-refractivity contribution is 7.14. The van der Waals surface area contributed by atoms with Gasteiger partial charge in [-0.15, -0.1) is 11.3 Å². The maximum Gasteiger partial charge on any atom is 0.416 e. The van der Waals surface area contributed by atoms with Gasteiger partial charge in [0.15, 0.2) is 5.13 Å². The lowest BCUT2D eigenvalue weighted by Gasteiger charge is -2.19. The molecule has 0 aliphatic carbocycles. The van der Waals surface area contributed by atoms with Gasteiger partial charge < -0.3 is 9.72 Å². The molecule has 0 fully saturated rings. The standard InChI is InChI=1S/C22H15F4N3O3S/c1-12(30)29(17-4-2-3-14(9-17)22(24,25)26)21-27-16(11-33-21)10-32-20(31)19-8-13-7-15(23)5-6-18(13)28-19/h2-9,11,28H,10H2,1H3. The lowest BCUT2D eigenvalue weighted by molar-refractivity contribution is -0.137. The van der Waals surface area contributed by atoms with E-state index in [4.69, 9.17) is 4.74 Å². The highest BCUT2D eigenvalue weighted by Crippen LogP contribution is 2.35. The third-order valence-electron chi connectivity index (χ3n) is 4.63. The summed E-state index contributed by atoms with van der Waals surface area (Å²) in [5.41, 5.74) is 0.122. The second-order valence-electron chi connectivity index (χ2n) is 7.01. The van der Waals surface area contributed by atoms with Crippen LogP contribution in [0.3, 0.4) is 0 Å². The van der Waals surface area contributed by atoms with Crippen molar-refractivity contribution in [2.45, 2.75) is 19.7 Å². The number of ether oxygens (including phenoxy) is 1. The summed E-state index contributed by atoms with van der Waals surface area (Å²) in [5, 5.41) is 2.18. The van der Waals surface area contributed by atoms with E-state index in [0.29, 0.717) is 16.6 Å². The Morgan fingerprint density at radius 3 is 2.67 bits per heavy atom. The molecule has 0 spiro atoms. The van der Waals surface area contributed by atoms with Crippen LogP contribution in [0.4, 0.5) is 28.4 Å². The monoisotopic (exact) mass is 477 g/mol. The highest BCUT2D eigenvalue weighted by atomic mass is 32.1. The first-order valence-electron chi connectivity index (χ1n) is 9.49. The summed E-state index contributed by atoms with van der Waals surface area (Å²) >= 11 is 1.02. The molecule has 6 nitrogen and oxygen atoms in total. The van der Waals surface area contributed by atoms with Gasteiger partial charge in [-0.1, -0.05) is 6.07 Å². The Balaban J connectivity index is 1.50. The zero-order valence-corrected chi connectivity index (χ0v) is 17.8. The van der Waals surface area contributed by atoms with Gasteiger partial charge in [-0.3, -0.25) is 9.69 Å². The van der Waals surface area contributed by atoms with Crippen molar-refractivity contribution in [3.05, 3.63) is 76.7 Å². The number of aromatic nitrogens is 2. The molecule has 0 aliphatic heterocycles. The molecule has 0 bridgehead atoms. The summed E-state index contributed by atoms with van der Waals surface area (Å²) in [6.07, 6.45) is -4.56. The van der Waals surface area contributed by atoms with Crippen LogP contribution in [0.2, 0.25) is 0 Å². The fraction of sp³-hybridized carbons (Fsp3) is 0.136. The molecule has 0 unspecified atom stereocenters. The van der Waals surface area contributed by atoms with Crippen LogP contribution >= 0.6 is 11.3 Å². The number of hydrogen-bond donors (Lipinski definition) is 1. The molecular formula is C22H15F4N3O3S. The number of amides is 1. The van der Waals surface area contributed by atoms with E-state index in [1.54, 1.807) is 0 Å². The largest absolute Gasteiger partial charge is 0.454 e. The zero-order chi connectivity index (χ0) is 23.8. The Labute approximate surface area is 188 Å². The maximum atomic E-state index is 13.3. The molecule has 4 rings (SSSR count). The number of carbonyl (C=O) groups is 2. The Bertz CT molecular complexity index is 1350. The summed E-state index contributed by atoms with van der Waals surface area (Å²) in [7, 11) is 0. The molecule has 11 heteroatoms. The number of esters is 1. The molecule has 0 saturated heterocycles. The zero-order valence-electron chi connectivity index (χ0n) is 16.9. The fourth-order valence-electron chi connectivity index (χ4n) is 3.14. The fourth-order valence-corrected chi connectivity index (χ4v) is 4.02. The number of benzene rings is 2. The average Bonchev–Trinajstić information content (AvgIpc) is 3.38. The van der Waals surface area contributed by atoms with Crippen molar-refractivity contribution >= 4 is 44.9 Å². The number of rotatable bonds is 5. The molecule has 2 aromatic heterocycles. The number of nitrogens with one attached hydrogen (secondary N) is 1. The second kappa shape index (κ2) is 8.66. The molecule has 0 radical (unpaired) electrons. The quantitative estimate of drug-likeness (QED) is 0.290. The van der Waals surface area contributed by atoms with E-state index in [2.05, 4.69) is 9.97 Å². The second-order valence-corrected chi connectivity index (χ2v) is 7.85. The Hall–Kier alpha value is -3.73. The smallest absolute Gasteiger partial charge is 0.416 e. The van der Waals surface area contributed by atoms with Crippen molar-refractivity contribution in [1.82, 2.24) is 9.97 Å². The first kappa shape index (κ1) is 22.5. The van der Waals surface area contributed by atoms with Gasteiger partial charge in [-0.05, 0) is 42.5 Å². The molecular weight excluding hydrogens is 462 g/mol. The van der Waals surface area contributed by atoms with Gasteiger partial charge in [-0.25, -0.2) is 14.2 Å². The van der Waals surface area contributed by atoms with Gasteiger partial charge in [-0.2, -0.15) is 13.2 Å². The number of halogens is 4. The van der Waals surface area contributed by atoms with Gasteiger partial charge in [0.2, 0.25) is 5.91 Å². The Kier molecular flexibility index (Phi) is 5.90.